The summed E-state index contributed by atoms with van der Waals surface area (Å²) in [5.41, 5.74) is 2.24. The van der Waals surface area contributed by atoms with Crippen molar-refractivity contribution in [3.63, 3.8) is 0 Å². The minimum Gasteiger partial charge on any atom is -0.493 e. The van der Waals surface area contributed by atoms with Crippen molar-refractivity contribution in [1.82, 2.24) is 4.57 Å². The number of para-hydroxylation sites is 1. The molecule has 0 radical (unpaired) electrons. The standard InChI is InChI=1S/C34H30BrN3O7S/c1-7-13-45-30-23(35)14-20(15-24(30)41-3)16-27-33(40)38-29(21-17-25(42-4)31(44-6)26(18-21)43-5)28(19(2)36-34(38)46-27)32(39)37-22-11-9-8-10-12-22/h1,8-12,14-18,29H,13H2,2-6H3,(H,37,39)/b27-16-/t29-/m1/s1. The van der Waals surface area contributed by atoms with Crippen LogP contribution < -0.4 is 43.9 Å². The fourth-order valence-corrected chi connectivity index (χ4v) is 6.76. The molecule has 2 heterocycles. The largest absolute Gasteiger partial charge is 0.493 e. The molecule has 0 spiro atoms. The van der Waals surface area contributed by atoms with E-state index in [0.29, 0.717) is 65.1 Å². The maximum absolute atomic E-state index is 14.3. The third-order valence-electron chi connectivity index (χ3n) is 7.15. The highest BCUT2D eigenvalue weighted by molar-refractivity contribution is 9.10. The van der Waals surface area contributed by atoms with Gasteiger partial charge in [-0.05, 0) is 76.5 Å². The van der Waals surface area contributed by atoms with Crippen molar-refractivity contribution in [2.75, 3.05) is 40.4 Å². The molecule has 0 saturated carbocycles. The number of fused-ring (bicyclic) bond motifs is 1. The molecule has 4 aromatic rings. The van der Waals surface area contributed by atoms with Crippen LogP contribution in [0.1, 0.15) is 24.1 Å². The molecule has 1 N–H and O–H groups in total. The second-order valence-corrected chi connectivity index (χ2v) is 11.8. The van der Waals surface area contributed by atoms with E-state index in [9.17, 15) is 9.59 Å². The monoisotopic (exact) mass is 703 g/mol. The van der Waals surface area contributed by atoms with Crippen LogP contribution in [0, 0.1) is 12.3 Å². The number of hydrogen-bond acceptors (Lipinski definition) is 9. The molecule has 1 aliphatic heterocycles. The Morgan fingerprint density at radius 3 is 2.28 bits per heavy atom. The molecule has 1 atom stereocenters. The number of anilines is 1. The second kappa shape index (κ2) is 14.0. The lowest BCUT2D eigenvalue weighted by Gasteiger charge is -2.26. The van der Waals surface area contributed by atoms with E-state index in [2.05, 4.69) is 27.2 Å². The average Bonchev–Trinajstić information content (AvgIpc) is 3.36. The zero-order valence-corrected chi connectivity index (χ0v) is 28.1. The van der Waals surface area contributed by atoms with Crippen LogP contribution in [-0.2, 0) is 4.79 Å². The normalized spacial score (nSPS) is 14.1. The third kappa shape index (κ3) is 6.24. The number of thiazole rings is 1. The van der Waals surface area contributed by atoms with Gasteiger partial charge in [-0.2, -0.15) is 0 Å². The first-order valence-electron chi connectivity index (χ1n) is 13.9. The number of aromatic nitrogens is 1. The first-order valence-corrected chi connectivity index (χ1v) is 15.5. The molecule has 0 saturated heterocycles. The average molecular weight is 705 g/mol. The summed E-state index contributed by atoms with van der Waals surface area (Å²) in [4.78, 5) is 33.4. The Bertz CT molecular complexity index is 2040. The van der Waals surface area contributed by atoms with E-state index in [0.717, 1.165) is 0 Å². The number of methoxy groups -OCH3 is 4. The van der Waals surface area contributed by atoms with Gasteiger partial charge >= 0.3 is 0 Å². The summed E-state index contributed by atoms with van der Waals surface area (Å²) in [7, 11) is 6.04. The molecular weight excluding hydrogens is 674 g/mol. The lowest BCUT2D eigenvalue weighted by Crippen LogP contribution is -2.40. The lowest BCUT2D eigenvalue weighted by atomic mass is 9.94. The Hall–Kier alpha value is -4.99. The van der Waals surface area contributed by atoms with Crippen LogP contribution in [0.15, 0.2) is 80.1 Å². The maximum Gasteiger partial charge on any atom is 0.271 e. The van der Waals surface area contributed by atoms with Gasteiger partial charge < -0.3 is 29.0 Å². The van der Waals surface area contributed by atoms with Gasteiger partial charge in [-0.3, -0.25) is 14.2 Å². The predicted octanol–water partition coefficient (Wildman–Crippen LogP) is 4.68. The van der Waals surface area contributed by atoms with E-state index in [4.69, 9.17) is 35.1 Å². The van der Waals surface area contributed by atoms with Crippen molar-refractivity contribution in [1.29, 1.82) is 0 Å². The molecule has 1 aliphatic rings. The van der Waals surface area contributed by atoms with E-state index in [1.165, 1.54) is 44.3 Å². The van der Waals surface area contributed by atoms with E-state index in [-0.39, 0.29) is 17.7 Å². The Balaban J connectivity index is 1.72. The summed E-state index contributed by atoms with van der Waals surface area (Å²) in [5, 5.41) is 2.95. The summed E-state index contributed by atoms with van der Waals surface area (Å²) in [6.07, 6.45) is 7.09. The molecule has 0 fully saturated rings. The first kappa shape index (κ1) is 32.4. The Morgan fingerprint density at radius 2 is 1.67 bits per heavy atom. The first-order chi connectivity index (χ1) is 22.2. The summed E-state index contributed by atoms with van der Waals surface area (Å²) in [6, 6.07) is 15.2. The Labute approximate surface area is 277 Å². The number of nitrogens with zero attached hydrogens (tertiary/aromatic N) is 2. The second-order valence-electron chi connectivity index (χ2n) is 9.89. The highest BCUT2D eigenvalue weighted by atomic mass is 79.9. The zero-order chi connectivity index (χ0) is 33.0. The van der Waals surface area contributed by atoms with E-state index in [1.54, 1.807) is 49.4 Å². The highest BCUT2D eigenvalue weighted by Crippen LogP contribution is 2.42. The maximum atomic E-state index is 14.3. The fourth-order valence-electron chi connectivity index (χ4n) is 5.13. The Morgan fingerprint density at radius 1 is 1.02 bits per heavy atom. The van der Waals surface area contributed by atoms with E-state index >= 15 is 0 Å². The minimum atomic E-state index is -0.878. The van der Waals surface area contributed by atoms with Crippen molar-refractivity contribution in [3.05, 3.63) is 101 Å². The molecule has 0 aliphatic carbocycles. The van der Waals surface area contributed by atoms with Crippen LogP contribution >= 0.6 is 27.3 Å². The summed E-state index contributed by atoms with van der Waals surface area (Å²) in [6.45, 7) is 1.81. The molecular formula is C34H30BrN3O7S. The zero-order valence-electron chi connectivity index (χ0n) is 25.7. The van der Waals surface area contributed by atoms with Crippen molar-refractivity contribution in [3.8, 4) is 41.1 Å². The highest BCUT2D eigenvalue weighted by Gasteiger charge is 2.34. The number of carbonyl (C=O) groups excluding carboxylic acids is 1. The molecule has 0 bridgehead atoms. The number of allylic oxidation sites excluding steroid dienone is 1. The number of benzene rings is 3. The van der Waals surface area contributed by atoms with E-state index < -0.39 is 11.9 Å². The van der Waals surface area contributed by atoms with Gasteiger partial charge in [0.05, 0.1) is 54.8 Å². The van der Waals surface area contributed by atoms with Gasteiger partial charge in [0.25, 0.3) is 11.5 Å². The van der Waals surface area contributed by atoms with Gasteiger partial charge in [0, 0.05) is 5.69 Å². The van der Waals surface area contributed by atoms with Gasteiger partial charge in [0.1, 0.15) is 6.61 Å². The van der Waals surface area contributed by atoms with E-state index in [1.807, 2.05) is 18.2 Å². The van der Waals surface area contributed by atoms with Crippen LogP contribution in [0.3, 0.4) is 0 Å². The van der Waals surface area contributed by atoms with Crippen LogP contribution in [0.2, 0.25) is 0 Å². The topological polar surface area (TPSA) is 110 Å². The Kier molecular flexibility index (Phi) is 9.84. The van der Waals surface area contributed by atoms with Crippen LogP contribution in [0.25, 0.3) is 6.08 Å². The molecule has 3 aromatic carbocycles. The summed E-state index contributed by atoms with van der Waals surface area (Å²) >= 11 is 4.72. The van der Waals surface area contributed by atoms with Crippen molar-refractivity contribution >= 4 is 44.9 Å². The molecule has 5 rings (SSSR count). The number of ether oxygens (including phenoxy) is 5. The number of amides is 1. The molecule has 12 heteroatoms. The number of halogens is 1. The lowest BCUT2D eigenvalue weighted by molar-refractivity contribution is -0.113. The van der Waals surface area contributed by atoms with Crippen molar-refractivity contribution < 1.29 is 28.5 Å². The van der Waals surface area contributed by atoms with Gasteiger partial charge in [-0.25, -0.2) is 4.99 Å². The molecule has 1 aromatic heterocycles. The van der Waals surface area contributed by atoms with Crippen molar-refractivity contribution in [2.45, 2.75) is 13.0 Å². The quantitative estimate of drug-likeness (QED) is 0.239. The van der Waals surface area contributed by atoms with Gasteiger partial charge in [0.15, 0.2) is 27.8 Å². The molecule has 236 valence electrons. The number of rotatable bonds is 10. The number of hydrogen-bond donors (Lipinski definition) is 1. The SMILES string of the molecule is C#CCOc1c(Br)cc(/C=c2\sc3n(c2=O)[C@H](c2cc(OC)c(OC)c(OC)c2)C(C(=O)Nc2ccccc2)=C(C)N=3)cc1OC. The van der Waals surface area contributed by atoms with Crippen LogP contribution in [0.4, 0.5) is 5.69 Å². The number of carbonyl (C=O) groups is 1. The van der Waals surface area contributed by atoms with Crippen LogP contribution in [-0.4, -0.2) is 45.5 Å². The fraction of sp³-hybridized carbons (Fsp3) is 0.206. The minimum absolute atomic E-state index is 0.0629. The van der Waals surface area contributed by atoms with Gasteiger partial charge in [-0.1, -0.05) is 35.5 Å². The van der Waals surface area contributed by atoms with Gasteiger partial charge in [0.2, 0.25) is 5.75 Å². The van der Waals surface area contributed by atoms with Gasteiger partial charge in [-0.15, -0.1) is 6.42 Å². The smallest absolute Gasteiger partial charge is 0.271 e. The molecule has 0 unspecified atom stereocenters. The summed E-state index contributed by atoms with van der Waals surface area (Å²) < 4.78 is 30.5. The number of terminal acetylenes is 1. The summed E-state index contributed by atoms with van der Waals surface area (Å²) in [5.74, 6) is 4.05. The molecule has 46 heavy (non-hydrogen) atoms. The molecule has 10 nitrogen and oxygen atoms in total. The molecule has 1 amide bonds. The predicted molar refractivity (Wildman–Crippen MR) is 180 cm³/mol. The third-order valence-corrected chi connectivity index (χ3v) is 8.72. The van der Waals surface area contributed by atoms with Crippen LogP contribution in [0.5, 0.6) is 28.7 Å². The van der Waals surface area contributed by atoms with Crippen molar-refractivity contribution in [2.24, 2.45) is 4.99 Å². The number of nitrogens with one attached hydrogen (secondary N) is 1.